The molecule has 4 nitrogen and oxygen atoms in total. The first kappa shape index (κ1) is 10.3. The minimum Gasteiger partial charge on any atom is -0.398 e. The Balaban J connectivity index is 1.91. The van der Waals surface area contributed by atoms with Crippen molar-refractivity contribution in [1.82, 2.24) is 10.1 Å². The van der Waals surface area contributed by atoms with Crippen LogP contribution in [0.15, 0.2) is 22.7 Å². The lowest BCUT2D eigenvalue weighted by Crippen LogP contribution is -1.94. The van der Waals surface area contributed by atoms with Gasteiger partial charge in [0.25, 0.3) is 5.89 Å². The first-order valence-electron chi connectivity index (χ1n) is 5.92. The second kappa shape index (κ2) is 3.87. The van der Waals surface area contributed by atoms with Gasteiger partial charge < -0.3 is 10.3 Å². The van der Waals surface area contributed by atoms with E-state index in [2.05, 4.69) is 10.1 Å². The van der Waals surface area contributed by atoms with E-state index >= 15 is 0 Å². The number of rotatable bonds is 3. The predicted molar refractivity (Wildman–Crippen MR) is 65.3 cm³/mol. The summed E-state index contributed by atoms with van der Waals surface area (Å²) in [6, 6.07) is 5.84. The van der Waals surface area contributed by atoms with Crippen LogP contribution in [0.5, 0.6) is 0 Å². The van der Waals surface area contributed by atoms with Crippen molar-refractivity contribution in [1.29, 1.82) is 0 Å². The topological polar surface area (TPSA) is 64.9 Å². The first-order valence-corrected chi connectivity index (χ1v) is 5.92. The smallest absolute Gasteiger partial charge is 0.260 e. The van der Waals surface area contributed by atoms with E-state index in [0.29, 0.717) is 11.6 Å². The highest BCUT2D eigenvalue weighted by molar-refractivity contribution is 5.72. The Hall–Kier alpha value is -1.84. The molecule has 1 heterocycles. The van der Waals surface area contributed by atoms with Gasteiger partial charge in [0, 0.05) is 12.1 Å². The van der Waals surface area contributed by atoms with Crippen LogP contribution in [0.25, 0.3) is 11.5 Å². The third kappa shape index (κ3) is 2.02. The van der Waals surface area contributed by atoms with E-state index in [1.807, 2.05) is 25.1 Å². The molecule has 1 aliphatic carbocycles. The molecule has 88 valence electrons. The van der Waals surface area contributed by atoms with Crippen LogP contribution in [-0.4, -0.2) is 10.1 Å². The van der Waals surface area contributed by atoms with E-state index in [9.17, 15) is 0 Å². The summed E-state index contributed by atoms with van der Waals surface area (Å²) >= 11 is 0. The predicted octanol–water partition coefficient (Wildman–Crippen LogP) is 2.58. The van der Waals surface area contributed by atoms with Crippen LogP contribution in [0.4, 0.5) is 5.69 Å². The van der Waals surface area contributed by atoms with Crippen molar-refractivity contribution >= 4 is 5.69 Å². The Morgan fingerprint density at radius 2 is 2.24 bits per heavy atom. The fraction of sp³-hybridized carbons (Fsp3) is 0.385. The third-order valence-electron chi connectivity index (χ3n) is 3.19. The Kier molecular flexibility index (Phi) is 2.35. The summed E-state index contributed by atoms with van der Waals surface area (Å²) in [6.07, 6.45) is 3.50. The number of nitrogen functional groups attached to an aromatic ring is 1. The third-order valence-corrected chi connectivity index (χ3v) is 3.19. The molecule has 1 fully saturated rings. The fourth-order valence-electron chi connectivity index (χ4n) is 1.89. The zero-order valence-corrected chi connectivity index (χ0v) is 9.81. The average molecular weight is 229 g/mol. The maximum Gasteiger partial charge on any atom is 0.260 e. The van der Waals surface area contributed by atoms with E-state index in [1.54, 1.807) is 0 Å². The summed E-state index contributed by atoms with van der Waals surface area (Å²) in [5.74, 6) is 2.08. The Morgan fingerprint density at radius 1 is 1.41 bits per heavy atom. The lowest BCUT2D eigenvalue weighted by Gasteiger charge is -2.02. The van der Waals surface area contributed by atoms with Crippen molar-refractivity contribution in [2.24, 2.45) is 5.92 Å². The molecule has 0 saturated heterocycles. The molecule has 4 heteroatoms. The van der Waals surface area contributed by atoms with Gasteiger partial charge in [-0.05, 0) is 37.3 Å². The van der Waals surface area contributed by atoms with Gasteiger partial charge in [0.15, 0.2) is 5.82 Å². The zero-order chi connectivity index (χ0) is 11.8. The Bertz CT molecular complexity index is 543. The highest BCUT2D eigenvalue weighted by Crippen LogP contribution is 2.33. The van der Waals surface area contributed by atoms with E-state index in [-0.39, 0.29) is 0 Å². The summed E-state index contributed by atoms with van der Waals surface area (Å²) in [4.78, 5) is 4.40. The van der Waals surface area contributed by atoms with E-state index < -0.39 is 0 Å². The largest absolute Gasteiger partial charge is 0.398 e. The van der Waals surface area contributed by atoms with Crippen molar-refractivity contribution in [2.45, 2.75) is 26.2 Å². The lowest BCUT2D eigenvalue weighted by molar-refractivity contribution is 0.421. The van der Waals surface area contributed by atoms with Crippen LogP contribution in [0.1, 0.15) is 24.2 Å². The number of nitrogens with two attached hydrogens (primary N) is 1. The molecule has 17 heavy (non-hydrogen) atoms. The van der Waals surface area contributed by atoms with Gasteiger partial charge in [-0.25, -0.2) is 0 Å². The molecule has 2 N–H and O–H groups in total. The second-order valence-electron chi connectivity index (χ2n) is 4.70. The number of nitrogens with zero attached hydrogens (tertiary/aromatic N) is 2. The molecule has 1 aromatic heterocycles. The monoisotopic (exact) mass is 229 g/mol. The molecule has 1 aliphatic rings. The summed E-state index contributed by atoms with van der Waals surface area (Å²) < 4.78 is 5.27. The molecule has 2 aromatic rings. The summed E-state index contributed by atoms with van der Waals surface area (Å²) in [6.45, 7) is 1.97. The van der Waals surface area contributed by atoms with Gasteiger partial charge in [0.05, 0.1) is 5.56 Å². The van der Waals surface area contributed by atoms with Crippen molar-refractivity contribution in [3.63, 3.8) is 0 Å². The fourth-order valence-corrected chi connectivity index (χ4v) is 1.89. The van der Waals surface area contributed by atoms with Crippen LogP contribution in [-0.2, 0) is 6.42 Å². The van der Waals surface area contributed by atoms with E-state index in [1.165, 1.54) is 12.8 Å². The van der Waals surface area contributed by atoms with Gasteiger partial charge in [-0.1, -0.05) is 17.3 Å². The standard InChI is InChI=1S/C13H15N3O/c1-8-3-2-4-10(12(8)14)13-15-11(16-17-13)7-9-5-6-9/h2-4,9H,5-7,14H2,1H3. The second-order valence-corrected chi connectivity index (χ2v) is 4.70. The molecule has 0 unspecified atom stereocenters. The maximum atomic E-state index is 6.01. The van der Waals surface area contributed by atoms with Gasteiger partial charge in [-0.3, -0.25) is 0 Å². The zero-order valence-electron chi connectivity index (χ0n) is 9.81. The van der Waals surface area contributed by atoms with Crippen molar-refractivity contribution < 1.29 is 4.52 Å². The quantitative estimate of drug-likeness (QED) is 0.821. The minimum atomic E-state index is 0.529. The number of anilines is 1. The molecule has 1 saturated carbocycles. The number of hydrogen-bond donors (Lipinski definition) is 1. The Morgan fingerprint density at radius 3 is 3.00 bits per heavy atom. The van der Waals surface area contributed by atoms with Crippen LogP contribution < -0.4 is 5.73 Å². The summed E-state index contributed by atoms with van der Waals surface area (Å²) in [5, 5.41) is 4.00. The molecule has 0 spiro atoms. The Labute approximate surface area is 99.8 Å². The lowest BCUT2D eigenvalue weighted by atomic mass is 10.1. The van der Waals surface area contributed by atoms with Crippen LogP contribution in [0.2, 0.25) is 0 Å². The first-order chi connectivity index (χ1) is 8.24. The minimum absolute atomic E-state index is 0.529. The van der Waals surface area contributed by atoms with Crippen molar-refractivity contribution in [3.8, 4) is 11.5 Å². The number of aromatic nitrogens is 2. The molecule has 1 aromatic carbocycles. The molecule has 0 atom stereocenters. The SMILES string of the molecule is Cc1cccc(-c2nc(CC3CC3)no2)c1N. The molecule has 0 amide bonds. The summed E-state index contributed by atoms with van der Waals surface area (Å²) in [5.41, 5.74) is 8.59. The van der Waals surface area contributed by atoms with E-state index in [4.69, 9.17) is 10.3 Å². The van der Waals surface area contributed by atoms with Gasteiger partial charge in [0.1, 0.15) is 0 Å². The molecule has 3 rings (SSSR count). The number of benzene rings is 1. The number of para-hydroxylation sites is 1. The van der Waals surface area contributed by atoms with Crippen LogP contribution in [0, 0.1) is 12.8 Å². The highest BCUT2D eigenvalue weighted by atomic mass is 16.5. The molecular weight excluding hydrogens is 214 g/mol. The van der Waals surface area contributed by atoms with Crippen LogP contribution in [0.3, 0.4) is 0 Å². The maximum absolute atomic E-state index is 6.01. The average Bonchev–Trinajstić information content (AvgIpc) is 3.00. The molecular formula is C13H15N3O. The van der Waals surface area contributed by atoms with Gasteiger partial charge in [-0.2, -0.15) is 4.98 Å². The number of aryl methyl sites for hydroxylation is 1. The van der Waals surface area contributed by atoms with E-state index in [0.717, 1.165) is 29.3 Å². The van der Waals surface area contributed by atoms with Crippen molar-refractivity contribution in [3.05, 3.63) is 29.6 Å². The highest BCUT2D eigenvalue weighted by Gasteiger charge is 2.24. The van der Waals surface area contributed by atoms with Crippen LogP contribution >= 0.6 is 0 Å². The van der Waals surface area contributed by atoms with Crippen molar-refractivity contribution in [2.75, 3.05) is 5.73 Å². The molecule has 0 bridgehead atoms. The summed E-state index contributed by atoms with van der Waals surface area (Å²) in [7, 11) is 0. The normalized spacial score (nSPS) is 15.1. The van der Waals surface area contributed by atoms with Gasteiger partial charge in [0.2, 0.25) is 0 Å². The van der Waals surface area contributed by atoms with Gasteiger partial charge in [-0.15, -0.1) is 0 Å². The molecule has 0 aliphatic heterocycles. The van der Waals surface area contributed by atoms with Gasteiger partial charge >= 0.3 is 0 Å². The number of hydrogen-bond acceptors (Lipinski definition) is 4. The molecule has 0 radical (unpaired) electrons.